The van der Waals surface area contributed by atoms with Crippen molar-refractivity contribution in [2.24, 2.45) is 0 Å². The van der Waals surface area contributed by atoms with E-state index in [1.165, 1.54) is 4.68 Å². The van der Waals surface area contributed by atoms with Crippen LogP contribution in [-0.2, 0) is 15.1 Å². The Balaban J connectivity index is 2.44. The fourth-order valence-electron chi connectivity index (χ4n) is 3.02. The summed E-state index contributed by atoms with van der Waals surface area (Å²) in [7, 11) is 0. The second kappa shape index (κ2) is 5.87. The molecule has 0 bridgehead atoms. The summed E-state index contributed by atoms with van der Waals surface area (Å²) in [6.45, 7) is 6.44. The Labute approximate surface area is 118 Å². The van der Waals surface area contributed by atoms with Crippen LogP contribution in [0.4, 0.5) is 0 Å². The lowest BCUT2D eigenvalue weighted by molar-refractivity contribution is -0.149. The van der Waals surface area contributed by atoms with E-state index in [2.05, 4.69) is 22.4 Å². The highest BCUT2D eigenvalue weighted by Gasteiger charge is 2.43. The van der Waals surface area contributed by atoms with Crippen LogP contribution in [0.2, 0.25) is 0 Å². The molecule has 0 radical (unpaired) electrons. The molecule has 20 heavy (non-hydrogen) atoms. The Bertz CT molecular complexity index is 470. The van der Waals surface area contributed by atoms with Gasteiger partial charge < -0.3 is 9.84 Å². The lowest BCUT2D eigenvalue weighted by Crippen LogP contribution is -2.43. The number of carboxylic acid groups (broad SMARTS) is 1. The van der Waals surface area contributed by atoms with Crippen molar-refractivity contribution in [1.29, 1.82) is 0 Å². The molecule has 0 aromatic carbocycles. The summed E-state index contributed by atoms with van der Waals surface area (Å²) in [5.41, 5.74) is -1.07. The average Bonchev–Trinajstić information content (AvgIpc) is 3.08. The molecule has 1 fully saturated rings. The van der Waals surface area contributed by atoms with E-state index in [0.717, 1.165) is 12.8 Å². The molecule has 0 saturated carbocycles. The van der Waals surface area contributed by atoms with E-state index in [4.69, 9.17) is 4.74 Å². The summed E-state index contributed by atoms with van der Waals surface area (Å²) in [5.74, 6) is -0.171. The Morgan fingerprint density at radius 3 is 2.70 bits per heavy atom. The number of tetrazole rings is 1. The average molecular weight is 282 g/mol. The first-order chi connectivity index (χ1) is 9.60. The fraction of sp³-hybridized carbons (Fsp3) is 0.846. The first-order valence-electron chi connectivity index (χ1n) is 7.24. The molecule has 0 spiro atoms. The van der Waals surface area contributed by atoms with Crippen LogP contribution in [0.15, 0.2) is 0 Å². The maximum atomic E-state index is 11.8. The monoisotopic (exact) mass is 282 g/mol. The van der Waals surface area contributed by atoms with Crippen LogP contribution in [0.5, 0.6) is 0 Å². The molecule has 2 unspecified atom stereocenters. The van der Waals surface area contributed by atoms with Crippen molar-refractivity contribution >= 4 is 5.97 Å². The van der Waals surface area contributed by atoms with Gasteiger partial charge in [0.1, 0.15) is 0 Å². The summed E-state index contributed by atoms with van der Waals surface area (Å²) < 4.78 is 7.19. The van der Waals surface area contributed by atoms with Crippen molar-refractivity contribution in [3.8, 4) is 0 Å². The molecule has 1 aliphatic rings. The Kier molecular flexibility index (Phi) is 4.37. The van der Waals surface area contributed by atoms with Gasteiger partial charge in [-0.3, -0.25) is 0 Å². The summed E-state index contributed by atoms with van der Waals surface area (Å²) in [4.78, 5) is 11.8. The quantitative estimate of drug-likeness (QED) is 0.851. The molecular formula is C13H22N4O3. The smallest absolute Gasteiger partial charge is 0.331 e. The van der Waals surface area contributed by atoms with E-state index < -0.39 is 11.5 Å². The number of hydrogen-bond acceptors (Lipinski definition) is 5. The van der Waals surface area contributed by atoms with E-state index >= 15 is 0 Å². The minimum atomic E-state index is -1.07. The molecule has 2 atom stereocenters. The van der Waals surface area contributed by atoms with Gasteiger partial charge in [0.25, 0.3) is 0 Å². The second-order valence-corrected chi connectivity index (χ2v) is 5.21. The molecule has 2 heterocycles. The highest BCUT2D eigenvalue weighted by Crippen LogP contribution is 2.35. The van der Waals surface area contributed by atoms with Crippen LogP contribution < -0.4 is 0 Å². The van der Waals surface area contributed by atoms with Gasteiger partial charge in [-0.25, -0.2) is 9.48 Å². The van der Waals surface area contributed by atoms with Gasteiger partial charge in [-0.05, 0) is 36.1 Å². The van der Waals surface area contributed by atoms with Crippen molar-refractivity contribution in [1.82, 2.24) is 20.2 Å². The fourth-order valence-corrected chi connectivity index (χ4v) is 3.02. The van der Waals surface area contributed by atoms with Crippen molar-refractivity contribution in [2.75, 3.05) is 6.61 Å². The number of nitrogens with zero attached hydrogens (tertiary/aromatic N) is 4. The van der Waals surface area contributed by atoms with Gasteiger partial charge in [-0.1, -0.05) is 20.8 Å². The molecule has 1 saturated heterocycles. The van der Waals surface area contributed by atoms with Crippen LogP contribution >= 0.6 is 0 Å². The third kappa shape index (κ3) is 2.19. The molecule has 0 amide bonds. The number of ether oxygens (including phenoxy) is 1. The third-order valence-corrected chi connectivity index (χ3v) is 4.41. The molecular weight excluding hydrogens is 260 g/mol. The second-order valence-electron chi connectivity index (χ2n) is 5.21. The number of hydrogen-bond donors (Lipinski definition) is 1. The molecule has 1 N–H and O–H groups in total. The van der Waals surface area contributed by atoms with E-state index in [9.17, 15) is 9.90 Å². The Morgan fingerprint density at radius 2 is 2.15 bits per heavy atom. The SMILES string of the molecule is CCC1OCCC1c1nnnn1C(CC)(CC)C(=O)O. The highest BCUT2D eigenvalue weighted by molar-refractivity contribution is 5.76. The number of rotatable bonds is 6. The van der Waals surface area contributed by atoms with Gasteiger partial charge in [-0.15, -0.1) is 5.10 Å². The minimum Gasteiger partial charge on any atom is -0.479 e. The lowest BCUT2D eigenvalue weighted by atomic mass is 9.91. The van der Waals surface area contributed by atoms with Gasteiger partial charge in [0.05, 0.1) is 6.10 Å². The summed E-state index contributed by atoms with van der Waals surface area (Å²) in [5, 5.41) is 21.4. The van der Waals surface area contributed by atoms with E-state index in [0.29, 0.717) is 25.3 Å². The molecule has 1 aliphatic heterocycles. The normalized spacial score (nSPS) is 23.1. The van der Waals surface area contributed by atoms with Crippen molar-refractivity contribution in [2.45, 2.75) is 64.0 Å². The molecule has 0 aliphatic carbocycles. The standard InChI is InChI=1S/C13H22N4O3/c1-4-10-9(7-8-20-10)11-14-15-16-17(11)13(5-2,6-3)12(18)19/h9-10H,4-8H2,1-3H3,(H,18,19). The summed E-state index contributed by atoms with van der Waals surface area (Å²) in [6.07, 6.45) is 2.67. The zero-order valence-corrected chi connectivity index (χ0v) is 12.2. The molecule has 2 rings (SSSR count). The van der Waals surface area contributed by atoms with Crippen LogP contribution in [0, 0.1) is 0 Å². The van der Waals surface area contributed by atoms with Crippen molar-refractivity contribution in [3.63, 3.8) is 0 Å². The summed E-state index contributed by atoms with van der Waals surface area (Å²) in [6, 6.07) is 0. The van der Waals surface area contributed by atoms with Crippen LogP contribution in [0.25, 0.3) is 0 Å². The zero-order valence-electron chi connectivity index (χ0n) is 12.2. The van der Waals surface area contributed by atoms with E-state index in [1.54, 1.807) is 0 Å². The van der Waals surface area contributed by atoms with Crippen molar-refractivity contribution < 1.29 is 14.6 Å². The molecule has 7 nitrogen and oxygen atoms in total. The van der Waals surface area contributed by atoms with Crippen molar-refractivity contribution in [3.05, 3.63) is 5.82 Å². The predicted octanol–water partition coefficient (Wildman–Crippen LogP) is 1.56. The molecule has 1 aromatic heterocycles. The topological polar surface area (TPSA) is 90.1 Å². The molecule has 1 aromatic rings. The maximum absolute atomic E-state index is 11.8. The van der Waals surface area contributed by atoms with E-state index in [1.807, 2.05) is 13.8 Å². The Morgan fingerprint density at radius 1 is 1.45 bits per heavy atom. The lowest BCUT2D eigenvalue weighted by Gasteiger charge is -2.29. The van der Waals surface area contributed by atoms with Gasteiger partial charge in [0, 0.05) is 12.5 Å². The molecule has 7 heteroatoms. The van der Waals surface area contributed by atoms with Gasteiger partial charge >= 0.3 is 5.97 Å². The summed E-state index contributed by atoms with van der Waals surface area (Å²) >= 11 is 0. The number of aromatic nitrogens is 4. The van der Waals surface area contributed by atoms with Crippen LogP contribution in [-0.4, -0.2) is 44.0 Å². The first kappa shape index (κ1) is 14.9. The zero-order chi connectivity index (χ0) is 14.8. The highest BCUT2D eigenvalue weighted by atomic mass is 16.5. The Hall–Kier alpha value is -1.50. The predicted molar refractivity (Wildman–Crippen MR) is 71.4 cm³/mol. The van der Waals surface area contributed by atoms with Crippen LogP contribution in [0.3, 0.4) is 0 Å². The largest absolute Gasteiger partial charge is 0.479 e. The van der Waals surface area contributed by atoms with E-state index in [-0.39, 0.29) is 12.0 Å². The number of aliphatic carboxylic acids is 1. The minimum absolute atomic E-state index is 0.0694. The number of carbonyl (C=O) groups is 1. The first-order valence-corrected chi connectivity index (χ1v) is 7.24. The van der Waals surface area contributed by atoms with Gasteiger partial charge in [-0.2, -0.15) is 0 Å². The maximum Gasteiger partial charge on any atom is 0.331 e. The molecule has 112 valence electrons. The number of carboxylic acids is 1. The van der Waals surface area contributed by atoms with Gasteiger partial charge in [0.2, 0.25) is 0 Å². The van der Waals surface area contributed by atoms with Crippen LogP contribution in [0.1, 0.15) is 58.2 Å². The van der Waals surface area contributed by atoms with Gasteiger partial charge in [0.15, 0.2) is 11.4 Å². The third-order valence-electron chi connectivity index (χ3n) is 4.41.